The fraction of sp³-hybridized carbons (Fsp3) is 0.333. The molecule has 0 fully saturated rings. The number of benzene rings is 1. The third-order valence-corrected chi connectivity index (χ3v) is 2.83. The third kappa shape index (κ3) is 2.83. The Hall–Kier alpha value is -1.35. The molecule has 0 aliphatic carbocycles. The van der Waals surface area contributed by atoms with Crippen LogP contribution < -0.4 is 0 Å². The molecule has 0 amide bonds. The summed E-state index contributed by atoms with van der Waals surface area (Å²) in [6.45, 7) is 2.90. The molecule has 0 aliphatic heterocycles. The largest absolute Gasteiger partial charge is 0.464 e. The Morgan fingerprint density at radius 1 is 1.31 bits per heavy atom. The molecular formula is C12H13ClO3. The van der Waals surface area contributed by atoms with E-state index in [2.05, 4.69) is 0 Å². The van der Waals surface area contributed by atoms with E-state index in [0.717, 1.165) is 5.56 Å². The SMILES string of the molecule is CC(=O)OC[C@](C)(C(=O)Cl)c1ccccc1. The van der Waals surface area contributed by atoms with Crippen LogP contribution in [0.1, 0.15) is 19.4 Å². The zero-order valence-electron chi connectivity index (χ0n) is 9.20. The number of rotatable bonds is 4. The zero-order chi connectivity index (χ0) is 12.2. The minimum atomic E-state index is -0.992. The molecule has 4 heteroatoms. The van der Waals surface area contributed by atoms with Crippen molar-refractivity contribution in [2.75, 3.05) is 6.61 Å². The number of hydrogen-bond acceptors (Lipinski definition) is 3. The van der Waals surface area contributed by atoms with E-state index < -0.39 is 16.6 Å². The van der Waals surface area contributed by atoms with Gasteiger partial charge in [-0.25, -0.2) is 0 Å². The van der Waals surface area contributed by atoms with Crippen LogP contribution in [0.3, 0.4) is 0 Å². The van der Waals surface area contributed by atoms with Crippen molar-refractivity contribution < 1.29 is 14.3 Å². The highest BCUT2D eigenvalue weighted by Gasteiger charge is 2.35. The first kappa shape index (κ1) is 12.7. The van der Waals surface area contributed by atoms with Crippen LogP contribution in [0, 0.1) is 0 Å². The molecule has 1 atom stereocenters. The summed E-state index contributed by atoms with van der Waals surface area (Å²) in [5, 5.41) is -0.542. The van der Waals surface area contributed by atoms with Crippen molar-refractivity contribution in [3.8, 4) is 0 Å². The van der Waals surface area contributed by atoms with Crippen LogP contribution in [-0.4, -0.2) is 17.8 Å². The monoisotopic (exact) mass is 240 g/mol. The number of carbonyl (C=O) groups is 2. The van der Waals surface area contributed by atoms with Crippen molar-refractivity contribution in [2.45, 2.75) is 19.3 Å². The van der Waals surface area contributed by atoms with E-state index in [4.69, 9.17) is 16.3 Å². The summed E-state index contributed by atoms with van der Waals surface area (Å²) in [4.78, 5) is 22.2. The summed E-state index contributed by atoms with van der Waals surface area (Å²) >= 11 is 5.57. The average molecular weight is 241 g/mol. The van der Waals surface area contributed by atoms with Gasteiger partial charge < -0.3 is 4.74 Å². The summed E-state index contributed by atoms with van der Waals surface area (Å²) in [7, 11) is 0. The van der Waals surface area contributed by atoms with Gasteiger partial charge in [0.25, 0.3) is 0 Å². The summed E-state index contributed by atoms with van der Waals surface area (Å²) in [5.74, 6) is -0.430. The fourth-order valence-corrected chi connectivity index (χ4v) is 1.47. The lowest BCUT2D eigenvalue weighted by Crippen LogP contribution is -2.35. The number of hydrogen-bond donors (Lipinski definition) is 0. The van der Waals surface area contributed by atoms with Crippen LogP contribution in [-0.2, 0) is 19.7 Å². The Bertz CT molecular complexity index is 389. The van der Waals surface area contributed by atoms with Crippen molar-refractivity contribution in [3.05, 3.63) is 35.9 Å². The van der Waals surface area contributed by atoms with Gasteiger partial charge in [0.05, 0.1) is 0 Å². The normalized spacial score (nSPS) is 13.9. The molecule has 1 aromatic carbocycles. The fourth-order valence-electron chi connectivity index (χ4n) is 1.31. The standard InChI is InChI=1S/C12H13ClO3/c1-9(14)16-8-12(2,11(13)15)10-6-4-3-5-7-10/h3-7H,8H2,1-2H3/t12-/m0/s1. The molecule has 86 valence electrons. The molecule has 0 bridgehead atoms. The van der Waals surface area contributed by atoms with E-state index in [0.29, 0.717) is 0 Å². The van der Waals surface area contributed by atoms with Crippen LogP contribution in [0.15, 0.2) is 30.3 Å². The highest BCUT2D eigenvalue weighted by molar-refractivity contribution is 6.65. The number of ether oxygens (including phenoxy) is 1. The van der Waals surface area contributed by atoms with Gasteiger partial charge in [-0.15, -0.1) is 0 Å². The minimum Gasteiger partial charge on any atom is -0.464 e. The second kappa shape index (κ2) is 5.12. The Kier molecular flexibility index (Phi) is 4.07. The maximum Gasteiger partial charge on any atom is 0.302 e. The van der Waals surface area contributed by atoms with E-state index in [-0.39, 0.29) is 6.61 Å². The van der Waals surface area contributed by atoms with Crippen molar-refractivity contribution in [2.24, 2.45) is 0 Å². The lowest BCUT2D eigenvalue weighted by Gasteiger charge is -2.25. The maximum absolute atomic E-state index is 11.5. The van der Waals surface area contributed by atoms with Gasteiger partial charge in [0.2, 0.25) is 5.24 Å². The van der Waals surface area contributed by atoms with Gasteiger partial charge >= 0.3 is 5.97 Å². The predicted octanol–water partition coefficient (Wildman–Crippen LogP) is 2.27. The Labute approximate surface area is 99.4 Å². The van der Waals surface area contributed by atoms with E-state index in [9.17, 15) is 9.59 Å². The first-order chi connectivity index (χ1) is 7.47. The van der Waals surface area contributed by atoms with E-state index in [1.807, 2.05) is 6.07 Å². The van der Waals surface area contributed by atoms with Gasteiger partial charge in [-0.05, 0) is 24.1 Å². The number of carbonyl (C=O) groups excluding carboxylic acids is 2. The molecule has 0 spiro atoms. The third-order valence-electron chi connectivity index (χ3n) is 2.41. The predicted molar refractivity (Wildman–Crippen MR) is 61.3 cm³/mol. The molecule has 0 aliphatic rings. The lowest BCUT2D eigenvalue weighted by molar-refractivity contribution is -0.143. The van der Waals surface area contributed by atoms with Gasteiger partial charge in [-0.3, -0.25) is 9.59 Å². The van der Waals surface area contributed by atoms with Gasteiger partial charge in [-0.2, -0.15) is 0 Å². The molecule has 0 saturated heterocycles. The van der Waals surface area contributed by atoms with Crippen molar-refractivity contribution in [1.82, 2.24) is 0 Å². The molecule has 0 aromatic heterocycles. The number of halogens is 1. The Morgan fingerprint density at radius 3 is 2.31 bits per heavy atom. The molecule has 0 unspecified atom stereocenters. The van der Waals surface area contributed by atoms with Gasteiger partial charge in [0.15, 0.2) is 0 Å². The maximum atomic E-state index is 11.5. The van der Waals surface area contributed by atoms with E-state index in [1.54, 1.807) is 31.2 Å². The van der Waals surface area contributed by atoms with Crippen LogP contribution in [0.2, 0.25) is 0 Å². The molecule has 1 aromatic rings. The molecule has 0 saturated carbocycles. The molecule has 16 heavy (non-hydrogen) atoms. The van der Waals surface area contributed by atoms with Crippen LogP contribution in [0.5, 0.6) is 0 Å². The molecular weight excluding hydrogens is 228 g/mol. The quantitative estimate of drug-likeness (QED) is 0.599. The molecule has 3 nitrogen and oxygen atoms in total. The van der Waals surface area contributed by atoms with Gasteiger partial charge in [0.1, 0.15) is 12.0 Å². The Morgan fingerprint density at radius 2 is 1.88 bits per heavy atom. The van der Waals surface area contributed by atoms with Crippen molar-refractivity contribution >= 4 is 22.8 Å². The second-order valence-corrected chi connectivity index (χ2v) is 4.10. The summed E-state index contributed by atoms with van der Waals surface area (Å²) < 4.78 is 4.88. The van der Waals surface area contributed by atoms with Crippen LogP contribution >= 0.6 is 11.6 Å². The average Bonchev–Trinajstić information content (AvgIpc) is 2.26. The molecule has 0 radical (unpaired) electrons. The smallest absolute Gasteiger partial charge is 0.302 e. The zero-order valence-corrected chi connectivity index (χ0v) is 9.95. The highest BCUT2D eigenvalue weighted by atomic mass is 35.5. The number of esters is 1. The summed E-state index contributed by atoms with van der Waals surface area (Å²) in [6, 6.07) is 9.02. The summed E-state index contributed by atoms with van der Waals surface area (Å²) in [6.07, 6.45) is 0. The van der Waals surface area contributed by atoms with Crippen LogP contribution in [0.25, 0.3) is 0 Å². The lowest BCUT2D eigenvalue weighted by atomic mass is 9.85. The molecule has 1 rings (SSSR count). The van der Waals surface area contributed by atoms with Crippen LogP contribution in [0.4, 0.5) is 0 Å². The van der Waals surface area contributed by atoms with Gasteiger partial charge in [0, 0.05) is 6.92 Å². The Balaban J connectivity index is 2.98. The van der Waals surface area contributed by atoms with E-state index in [1.165, 1.54) is 6.92 Å². The first-order valence-electron chi connectivity index (χ1n) is 4.85. The first-order valence-corrected chi connectivity index (χ1v) is 5.23. The van der Waals surface area contributed by atoms with Crippen molar-refractivity contribution in [1.29, 1.82) is 0 Å². The van der Waals surface area contributed by atoms with Crippen molar-refractivity contribution in [3.63, 3.8) is 0 Å². The molecule has 0 heterocycles. The van der Waals surface area contributed by atoms with Gasteiger partial charge in [-0.1, -0.05) is 30.3 Å². The highest BCUT2D eigenvalue weighted by Crippen LogP contribution is 2.26. The van der Waals surface area contributed by atoms with E-state index >= 15 is 0 Å². The minimum absolute atomic E-state index is 0.0469. The second-order valence-electron chi connectivity index (χ2n) is 3.75. The molecule has 0 N–H and O–H groups in total. The summed E-state index contributed by atoms with van der Waals surface area (Å²) in [5.41, 5.74) is -0.259. The topological polar surface area (TPSA) is 43.4 Å².